The Bertz CT molecular complexity index is 126. The first-order valence-electron chi connectivity index (χ1n) is 3.44. The molecule has 0 aliphatic carbocycles. The zero-order chi connectivity index (χ0) is 8.20. The van der Waals surface area contributed by atoms with Gasteiger partial charge in [-0.05, 0) is 27.7 Å². The van der Waals surface area contributed by atoms with Crippen LogP contribution < -0.4 is 0 Å². The van der Waals surface area contributed by atoms with Gasteiger partial charge in [0.2, 0.25) is 0 Å². The third-order valence-electron chi connectivity index (χ3n) is 0.830. The molecular weight excluding hydrogens is 143 g/mol. The maximum absolute atomic E-state index is 5.43. The molecule has 0 rings (SSSR count). The molecule has 0 spiro atoms. The molecule has 3 heteroatoms. The summed E-state index contributed by atoms with van der Waals surface area (Å²) in [7, 11) is 2.04. The van der Waals surface area contributed by atoms with Gasteiger partial charge >= 0.3 is 0 Å². The van der Waals surface area contributed by atoms with Crippen LogP contribution in [0.3, 0.4) is 0 Å². The fourth-order valence-electron chi connectivity index (χ4n) is 0.239. The number of hydrogen-bond donors (Lipinski definition) is 0. The van der Waals surface area contributed by atoms with E-state index in [9.17, 15) is 0 Å². The molecule has 1 nitrogen and oxygen atoms in total. The highest BCUT2D eigenvalue weighted by Crippen LogP contribution is 2.21. The fourth-order valence-corrected chi connectivity index (χ4v) is 0.717. The molecule has 0 aliphatic heterocycles. The Labute approximate surface area is 68.8 Å². The molecule has 0 aromatic carbocycles. The van der Waals surface area contributed by atoms with E-state index < -0.39 is 0 Å². The lowest BCUT2D eigenvalue weighted by molar-refractivity contribution is 0.241. The van der Waals surface area contributed by atoms with E-state index in [1.54, 1.807) is 0 Å². The van der Waals surface area contributed by atoms with Gasteiger partial charge in [0, 0.05) is 22.4 Å². The van der Waals surface area contributed by atoms with Crippen molar-refractivity contribution in [3.8, 4) is 0 Å². The topological polar surface area (TPSA) is 9.23 Å². The average Bonchev–Trinajstić information content (AvgIpc) is 1.81. The predicted octanol–water partition coefficient (Wildman–Crippen LogP) is 1.94. The van der Waals surface area contributed by atoms with Gasteiger partial charge in [0.05, 0.1) is 0 Å². The standard InChI is InChI=1S/C7H15BOS/c1-5-6(2)10-9-7(3,4)8/h5H,8H2,1-4H3. The van der Waals surface area contributed by atoms with E-state index in [0.717, 1.165) is 0 Å². The molecule has 0 amide bonds. The Morgan fingerprint density at radius 3 is 2.40 bits per heavy atom. The molecule has 10 heavy (non-hydrogen) atoms. The van der Waals surface area contributed by atoms with Crippen LogP contribution in [0.4, 0.5) is 0 Å². The lowest BCUT2D eigenvalue weighted by Gasteiger charge is -2.17. The van der Waals surface area contributed by atoms with Gasteiger partial charge < -0.3 is 4.18 Å². The molecule has 0 aromatic heterocycles. The molecule has 0 saturated heterocycles. The van der Waals surface area contributed by atoms with Crippen LogP contribution in [0.25, 0.3) is 0 Å². The third kappa shape index (κ3) is 6.24. The van der Waals surface area contributed by atoms with E-state index in [4.69, 9.17) is 4.18 Å². The minimum atomic E-state index is -0.0467. The highest BCUT2D eigenvalue weighted by Gasteiger charge is 2.10. The first kappa shape index (κ1) is 10.1. The monoisotopic (exact) mass is 158 g/mol. The summed E-state index contributed by atoms with van der Waals surface area (Å²) in [6, 6.07) is 0. The third-order valence-corrected chi connectivity index (χ3v) is 1.91. The van der Waals surface area contributed by atoms with Crippen LogP contribution in [0.15, 0.2) is 11.0 Å². The molecule has 0 saturated carbocycles. The van der Waals surface area contributed by atoms with Crippen LogP contribution in [0.1, 0.15) is 27.7 Å². The van der Waals surface area contributed by atoms with Crippen molar-refractivity contribution < 1.29 is 4.18 Å². The number of rotatable bonds is 3. The quantitative estimate of drug-likeness (QED) is 0.458. The maximum Gasteiger partial charge on any atom is 0.144 e. The Morgan fingerprint density at radius 1 is 1.60 bits per heavy atom. The molecule has 0 fully saturated rings. The summed E-state index contributed by atoms with van der Waals surface area (Å²) in [6.45, 7) is 8.14. The molecule has 0 aromatic rings. The van der Waals surface area contributed by atoms with Crippen molar-refractivity contribution in [2.75, 3.05) is 0 Å². The average molecular weight is 158 g/mol. The van der Waals surface area contributed by atoms with Crippen molar-refractivity contribution in [2.24, 2.45) is 0 Å². The van der Waals surface area contributed by atoms with E-state index in [0.29, 0.717) is 0 Å². The number of allylic oxidation sites excluding steroid dienone is 2. The van der Waals surface area contributed by atoms with E-state index in [-0.39, 0.29) is 5.50 Å². The van der Waals surface area contributed by atoms with E-state index in [1.807, 2.05) is 41.6 Å². The van der Waals surface area contributed by atoms with E-state index >= 15 is 0 Å². The summed E-state index contributed by atoms with van der Waals surface area (Å²) in [5.74, 6) is 0. The fraction of sp³-hybridized carbons (Fsp3) is 0.714. The van der Waals surface area contributed by atoms with Gasteiger partial charge in [-0.3, -0.25) is 0 Å². The zero-order valence-electron chi connectivity index (χ0n) is 7.39. The largest absolute Gasteiger partial charge is 0.314 e. The number of hydrogen-bond acceptors (Lipinski definition) is 2. The molecule has 0 unspecified atom stereocenters. The first-order valence-corrected chi connectivity index (χ1v) is 4.18. The van der Waals surface area contributed by atoms with Crippen LogP contribution in [0.5, 0.6) is 0 Å². The van der Waals surface area contributed by atoms with Crippen LogP contribution in [0.2, 0.25) is 0 Å². The molecule has 0 bridgehead atoms. The second-order valence-electron chi connectivity index (χ2n) is 3.18. The van der Waals surface area contributed by atoms with Crippen molar-refractivity contribution in [2.45, 2.75) is 33.2 Å². The second kappa shape index (κ2) is 4.09. The maximum atomic E-state index is 5.43. The zero-order valence-corrected chi connectivity index (χ0v) is 8.21. The molecule has 0 radical (unpaired) electrons. The summed E-state index contributed by atoms with van der Waals surface area (Å²) in [6.07, 6.45) is 2.04. The van der Waals surface area contributed by atoms with Gasteiger partial charge in [0.1, 0.15) is 7.85 Å². The van der Waals surface area contributed by atoms with Crippen LogP contribution in [0, 0.1) is 0 Å². The molecule has 0 atom stereocenters. The van der Waals surface area contributed by atoms with Gasteiger partial charge in [0.25, 0.3) is 0 Å². The van der Waals surface area contributed by atoms with Crippen molar-refractivity contribution in [1.82, 2.24) is 0 Å². The molecular formula is C7H15BOS. The van der Waals surface area contributed by atoms with Crippen molar-refractivity contribution in [3.05, 3.63) is 11.0 Å². The van der Waals surface area contributed by atoms with Gasteiger partial charge in [-0.25, -0.2) is 0 Å². The molecule has 58 valence electrons. The molecule has 0 N–H and O–H groups in total. The SMILES string of the molecule is BC(C)(C)OSC(C)=CC. The lowest BCUT2D eigenvalue weighted by atomic mass is 9.86. The summed E-state index contributed by atoms with van der Waals surface area (Å²) in [5, 5.41) is 0. The van der Waals surface area contributed by atoms with Crippen molar-refractivity contribution in [1.29, 1.82) is 0 Å². The summed E-state index contributed by atoms with van der Waals surface area (Å²) < 4.78 is 5.43. The second-order valence-corrected chi connectivity index (χ2v) is 4.16. The Hall–Kier alpha value is 0.115. The Morgan fingerprint density at radius 2 is 2.10 bits per heavy atom. The summed E-state index contributed by atoms with van der Waals surface area (Å²) in [4.78, 5) is 1.20. The predicted molar refractivity (Wildman–Crippen MR) is 50.7 cm³/mol. The van der Waals surface area contributed by atoms with Gasteiger partial charge in [-0.15, -0.1) is 0 Å². The summed E-state index contributed by atoms with van der Waals surface area (Å²) >= 11 is 1.44. The van der Waals surface area contributed by atoms with Gasteiger partial charge in [-0.2, -0.15) is 0 Å². The highest BCUT2D eigenvalue weighted by atomic mass is 32.2. The minimum absolute atomic E-state index is 0.0467. The Balaban J connectivity index is 3.56. The smallest absolute Gasteiger partial charge is 0.144 e. The molecule has 0 aliphatic rings. The normalized spacial score (nSPS) is 13.8. The highest BCUT2D eigenvalue weighted by molar-refractivity contribution is 7.98. The Kier molecular flexibility index (Phi) is 4.14. The van der Waals surface area contributed by atoms with E-state index in [1.165, 1.54) is 16.9 Å². The first-order chi connectivity index (χ1) is 4.45. The van der Waals surface area contributed by atoms with Crippen LogP contribution in [-0.4, -0.2) is 13.3 Å². The van der Waals surface area contributed by atoms with Crippen molar-refractivity contribution in [3.63, 3.8) is 0 Å². The molecule has 0 heterocycles. The summed E-state index contributed by atoms with van der Waals surface area (Å²) in [5.41, 5.74) is -0.0467. The van der Waals surface area contributed by atoms with Gasteiger partial charge in [0.15, 0.2) is 0 Å². The minimum Gasteiger partial charge on any atom is -0.314 e. The van der Waals surface area contributed by atoms with E-state index in [2.05, 4.69) is 0 Å². The van der Waals surface area contributed by atoms with Crippen LogP contribution >= 0.6 is 12.0 Å². The van der Waals surface area contributed by atoms with Crippen LogP contribution in [-0.2, 0) is 4.18 Å². The van der Waals surface area contributed by atoms with Gasteiger partial charge in [-0.1, -0.05) is 6.08 Å². The van der Waals surface area contributed by atoms with Crippen molar-refractivity contribution >= 4 is 19.9 Å². The lowest BCUT2D eigenvalue weighted by Crippen LogP contribution is -2.20.